The van der Waals surface area contributed by atoms with Crippen LogP contribution in [0.1, 0.15) is 36.0 Å². The number of imidazole rings is 1. The zero-order chi connectivity index (χ0) is 23.6. The predicted octanol–water partition coefficient (Wildman–Crippen LogP) is 5.24. The molecule has 3 aliphatic rings. The molecule has 0 N–H and O–H groups in total. The molecule has 2 saturated heterocycles. The summed E-state index contributed by atoms with van der Waals surface area (Å²) in [5.74, 6) is 0.902. The summed E-state index contributed by atoms with van der Waals surface area (Å²) in [6.07, 6.45) is 4.01. The van der Waals surface area contributed by atoms with E-state index in [0.717, 1.165) is 72.5 Å². The topological polar surface area (TPSA) is 27.5 Å². The van der Waals surface area contributed by atoms with Gasteiger partial charge < -0.3 is 19.3 Å². The Morgan fingerprint density at radius 3 is 2.26 bits per heavy atom. The second kappa shape index (κ2) is 8.13. The Bertz CT molecular complexity index is 1220. The maximum Gasteiger partial charge on any atom is 0.206 e. The van der Waals surface area contributed by atoms with Crippen molar-refractivity contribution >= 4 is 34.3 Å². The largest absolute Gasteiger partial charge is 0.367 e. The molecule has 1 aromatic heterocycles. The smallest absolute Gasteiger partial charge is 0.206 e. The molecular formula is C27H33ClFN5. The molecule has 0 radical (unpaired) electrons. The summed E-state index contributed by atoms with van der Waals surface area (Å²) in [6, 6.07) is 8.06. The van der Waals surface area contributed by atoms with E-state index in [2.05, 4.69) is 38.4 Å². The molecular weight excluding hydrogens is 449 g/mol. The van der Waals surface area contributed by atoms with Gasteiger partial charge in [-0.15, -0.1) is 0 Å². The van der Waals surface area contributed by atoms with Gasteiger partial charge in [0.1, 0.15) is 11.3 Å². The number of rotatable bonds is 4. The average molecular weight is 482 g/mol. The van der Waals surface area contributed by atoms with E-state index in [9.17, 15) is 4.39 Å². The second-order valence-electron chi connectivity index (χ2n) is 10.8. The summed E-state index contributed by atoms with van der Waals surface area (Å²) in [5.41, 5.74) is 6.19. The zero-order valence-corrected chi connectivity index (χ0v) is 21.1. The third-order valence-electron chi connectivity index (χ3n) is 8.21. The van der Waals surface area contributed by atoms with Crippen LogP contribution in [0, 0.1) is 25.1 Å². The standard InChI is InChI=1S/C27H33ClFN5/c1-18-11-20(12-19(2)24(18)29)15-34-23-14-21(28)13-22(32-9-7-31(3)8-10-32)25(23)30-26(34)33-16-27(17-33)5-4-6-27/h11-14H,4-10,15-17H2,1-3H3. The lowest BCUT2D eigenvalue weighted by molar-refractivity contribution is 0.0883. The minimum absolute atomic E-state index is 0.116. The molecule has 34 heavy (non-hydrogen) atoms. The first-order chi connectivity index (χ1) is 16.3. The van der Waals surface area contributed by atoms with Gasteiger partial charge in [-0.2, -0.15) is 0 Å². The Morgan fingerprint density at radius 2 is 1.65 bits per heavy atom. The first-order valence-corrected chi connectivity index (χ1v) is 12.8. The Balaban J connectivity index is 1.45. The quantitative estimate of drug-likeness (QED) is 0.509. The van der Waals surface area contributed by atoms with Gasteiger partial charge in [-0.25, -0.2) is 9.37 Å². The number of nitrogens with zero attached hydrogens (tertiary/aromatic N) is 5. The van der Waals surface area contributed by atoms with Crippen LogP contribution < -0.4 is 9.80 Å². The Hall–Kier alpha value is -2.31. The first-order valence-electron chi connectivity index (χ1n) is 12.5. The van der Waals surface area contributed by atoms with E-state index in [1.54, 1.807) is 0 Å². The maximum atomic E-state index is 14.3. The van der Waals surface area contributed by atoms with Crippen LogP contribution in [0.15, 0.2) is 24.3 Å². The Kier molecular flexibility index (Phi) is 5.30. The van der Waals surface area contributed by atoms with Crippen molar-refractivity contribution in [2.24, 2.45) is 5.41 Å². The molecule has 7 heteroatoms. The monoisotopic (exact) mass is 481 g/mol. The van der Waals surface area contributed by atoms with Gasteiger partial charge >= 0.3 is 0 Å². The van der Waals surface area contributed by atoms with Gasteiger partial charge in [-0.3, -0.25) is 0 Å². The summed E-state index contributed by atoms with van der Waals surface area (Å²) in [6.45, 7) is 10.5. The third-order valence-corrected chi connectivity index (χ3v) is 8.43. The molecule has 1 spiro atoms. The summed E-state index contributed by atoms with van der Waals surface area (Å²) < 4.78 is 16.6. The minimum atomic E-state index is -0.116. The molecule has 3 aromatic rings. The first kappa shape index (κ1) is 22.2. The lowest BCUT2D eigenvalue weighted by atomic mass is 9.64. The molecule has 0 unspecified atom stereocenters. The van der Waals surface area contributed by atoms with Crippen molar-refractivity contribution in [3.63, 3.8) is 0 Å². The number of halogens is 2. The molecule has 180 valence electrons. The van der Waals surface area contributed by atoms with Crippen molar-refractivity contribution in [1.82, 2.24) is 14.5 Å². The number of aryl methyl sites for hydroxylation is 2. The van der Waals surface area contributed by atoms with Crippen molar-refractivity contribution in [3.8, 4) is 0 Å². The van der Waals surface area contributed by atoms with Gasteiger partial charge in [0.05, 0.1) is 17.7 Å². The summed E-state index contributed by atoms with van der Waals surface area (Å²) in [4.78, 5) is 12.5. The number of likely N-dealkylation sites (N-methyl/N-ethyl adjacent to an activating group) is 1. The lowest BCUT2D eigenvalue weighted by Crippen LogP contribution is -2.60. The van der Waals surface area contributed by atoms with Crippen molar-refractivity contribution in [2.75, 3.05) is 56.1 Å². The lowest BCUT2D eigenvalue weighted by Gasteiger charge is -2.56. The fourth-order valence-electron chi connectivity index (χ4n) is 6.05. The molecule has 0 amide bonds. The fraction of sp³-hybridized carbons (Fsp3) is 0.519. The maximum absolute atomic E-state index is 14.3. The van der Waals surface area contributed by atoms with E-state index < -0.39 is 0 Å². The average Bonchev–Trinajstić information content (AvgIpc) is 3.08. The van der Waals surface area contributed by atoms with Crippen molar-refractivity contribution in [1.29, 1.82) is 0 Å². The molecule has 3 fully saturated rings. The summed E-state index contributed by atoms with van der Waals surface area (Å²) in [7, 11) is 2.17. The van der Waals surface area contributed by atoms with Crippen molar-refractivity contribution in [2.45, 2.75) is 39.7 Å². The van der Waals surface area contributed by atoms with E-state index in [-0.39, 0.29) is 5.82 Å². The fourth-order valence-corrected chi connectivity index (χ4v) is 6.26. The normalized spacial score (nSPS) is 20.1. The van der Waals surface area contributed by atoms with Crippen molar-refractivity contribution in [3.05, 3.63) is 51.8 Å². The van der Waals surface area contributed by atoms with Crippen LogP contribution >= 0.6 is 11.6 Å². The molecule has 3 heterocycles. The SMILES string of the molecule is Cc1cc(Cn2c(N3CC4(CCC4)C3)nc3c(N4CCN(C)CC4)cc(Cl)cc32)cc(C)c1F. The number of hydrogen-bond donors (Lipinski definition) is 0. The number of anilines is 2. The predicted molar refractivity (Wildman–Crippen MR) is 138 cm³/mol. The molecule has 0 atom stereocenters. The van der Waals surface area contributed by atoms with E-state index >= 15 is 0 Å². The van der Waals surface area contributed by atoms with E-state index in [1.807, 2.05) is 26.0 Å². The number of aromatic nitrogens is 2. The Morgan fingerprint density at radius 1 is 0.971 bits per heavy atom. The highest BCUT2D eigenvalue weighted by Crippen LogP contribution is 2.50. The zero-order valence-electron chi connectivity index (χ0n) is 20.4. The second-order valence-corrected chi connectivity index (χ2v) is 11.3. The van der Waals surface area contributed by atoms with E-state index in [0.29, 0.717) is 23.1 Å². The van der Waals surface area contributed by atoms with Gasteiger partial charge in [0.25, 0.3) is 0 Å². The number of benzene rings is 2. The molecule has 1 aliphatic carbocycles. The number of fused-ring (bicyclic) bond motifs is 1. The highest BCUT2D eigenvalue weighted by Gasteiger charge is 2.48. The van der Waals surface area contributed by atoms with Crippen LogP contribution in [-0.4, -0.2) is 60.8 Å². The van der Waals surface area contributed by atoms with Crippen LogP contribution in [0.2, 0.25) is 5.02 Å². The number of piperazine rings is 1. The van der Waals surface area contributed by atoms with Crippen molar-refractivity contribution < 1.29 is 4.39 Å². The van der Waals surface area contributed by atoms with Gasteiger partial charge in [0.15, 0.2) is 0 Å². The highest BCUT2D eigenvalue weighted by atomic mass is 35.5. The molecule has 0 bridgehead atoms. The van der Waals surface area contributed by atoms with Crippen LogP contribution in [0.3, 0.4) is 0 Å². The molecule has 1 saturated carbocycles. The van der Waals surface area contributed by atoms with Gasteiger partial charge in [0, 0.05) is 49.7 Å². The minimum Gasteiger partial charge on any atom is -0.367 e. The summed E-state index contributed by atoms with van der Waals surface area (Å²) in [5, 5.41) is 0.736. The van der Waals surface area contributed by atoms with Crippen LogP contribution in [0.4, 0.5) is 16.0 Å². The number of hydrogen-bond acceptors (Lipinski definition) is 4. The van der Waals surface area contributed by atoms with E-state index in [4.69, 9.17) is 16.6 Å². The molecule has 2 aromatic carbocycles. The van der Waals surface area contributed by atoms with E-state index in [1.165, 1.54) is 19.3 Å². The summed E-state index contributed by atoms with van der Waals surface area (Å²) >= 11 is 6.69. The van der Waals surface area contributed by atoms with Crippen LogP contribution in [-0.2, 0) is 6.54 Å². The van der Waals surface area contributed by atoms with Gasteiger partial charge in [-0.1, -0.05) is 30.2 Å². The molecule has 6 rings (SSSR count). The molecule has 5 nitrogen and oxygen atoms in total. The highest BCUT2D eigenvalue weighted by molar-refractivity contribution is 6.31. The molecule has 2 aliphatic heterocycles. The third kappa shape index (κ3) is 3.66. The van der Waals surface area contributed by atoms with Gasteiger partial charge in [-0.05, 0) is 62.6 Å². The Labute approximate surface area is 206 Å². The van der Waals surface area contributed by atoms with Crippen LogP contribution in [0.25, 0.3) is 11.0 Å². The van der Waals surface area contributed by atoms with Crippen LogP contribution in [0.5, 0.6) is 0 Å². The van der Waals surface area contributed by atoms with Gasteiger partial charge in [0.2, 0.25) is 5.95 Å².